The Morgan fingerprint density at radius 1 is 0.909 bits per heavy atom. The number of anilines is 1. The third-order valence-electron chi connectivity index (χ3n) is 5.27. The van der Waals surface area contributed by atoms with E-state index in [1.807, 2.05) is 41.1 Å². The molecule has 1 aliphatic rings. The predicted octanol–water partition coefficient (Wildman–Crippen LogP) is 5.60. The van der Waals surface area contributed by atoms with Crippen molar-refractivity contribution in [3.63, 3.8) is 0 Å². The Balaban J connectivity index is 1.53. The Labute approximate surface area is 199 Å². The molecular weight excluding hydrogens is 474 g/mol. The molecule has 2 aromatic heterocycles. The molecule has 1 amide bonds. The van der Waals surface area contributed by atoms with Gasteiger partial charge < -0.3 is 0 Å². The Hall–Kier alpha value is -3.27. The summed E-state index contributed by atoms with van der Waals surface area (Å²) in [5, 5.41) is 9.99. The molecule has 0 unspecified atom stereocenters. The second-order valence-electron chi connectivity index (χ2n) is 7.38. The molecule has 4 aromatic rings. The number of nitrogens with zero attached hydrogens (tertiary/aromatic N) is 2. The first-order chi connectivity index (χ1) is 16.0. The van der Waals surface area contributed by atoms with E-state index in [2.05, 4.69) is 9.82 Å². The molecule has 1 N–H and O–H groups in total. The van der Waals surface area contributed by atoms with Crippen molar-refractivity contribution in [2.24, 2.45) is 5.10 Å². The molecule has 0 saturated carbocycles. The van der Waals surface area contributed by atoms with Crippen LogP contribution in [0.2, 0.25) is 0 Å². The topological polar surface area (TPSA) is 78.8 Å². The average molecular weight is 494 g/mol. The highest BCUT2D eigenvalue weighted by Crippen LogP contribution is 2.39. The monoisotopic (exact) mass is 493 g/mol. The molecule has 1 aliphatic heterocycles. The van der Waals surface area contributed by atoms with E-state index in [-0.39, 0.29) is 10.8 Å². The largest absolute Gasteiger partial charge is 0.284 e. The maximum Gasteiger partial charge on any atom is 0.284 e. The number of rotatable bonds is 6. The van der Waals surface area contributed by atoms with Crippen molar-refractivity contribution < 1.29 is 13.2 Å². The van der Waals surface area contributed by atoms with Crippen LogP contribution in [-0.2, 0) is 10.0 Å². The van der Waals surface area contributed by atoms with Crippen molar-refractivity contribution in [3.05, 3.63) is 105 Å². The highest BCUT2D eigenvalue weighted by Gasteiger charge is 2.36. The highest BCUT2D eigenvalue weighted by atomic mass is 32.2. The van der Waals surface area contributed by atoms with E-state index in [4.69, 9.17) is 0 Å². The van der Waals surface area contributed by atoms with Gasteiger partial charge in [-0.25, -0.2) is 13.4 Å². The second-order valence-corrected chi connectivity index (χ2v) is 11.0. The summed E-state index contributed by atoms with van der Waals surface area (Å²) in [7, 11) is -3.79. The van der Waals surface area contributed by atoms with E-state index in [1.165, 1.54) is 16.3 Å². The molecule has 0 aliphatic carbocycles. The summed E-state index contributed by atoms with van der Waals surface area (Å²) in [6, 6.07) is 22.5. The van der Waals surface area contributed by atoms with Gasteiger partial charge >= 0.3 is 0 Å². The van der Waals surface area contributed by atoms with E-state index < -0.39 is 16.1 Å². The zero-order valence-corrected chi connectivity index (χ0v) is 19.7. The Bertz CT molecular complexity index is 1400. The Morgan fingerprint density at radius 2 is 1.64 bits per heavy atom. The third kappa shape index (κ3) is 4.35. The van der Waals surface area contributed by atoms with Gasteiger partial charge in [0.25, 0.3) is 15.9 Å². The number of para-hydroxylation sites is 1. The lowest BCUT2D eigenvalue weighted by Gasteiger charge is -2.24. The quantitative estimate of drug-likeness (QED) is 0.380. The van der Waals surface area contributed by atoms with Gasteiger partial charge in [0.2, 0.25) is 0 Å². The minimum Gasteiger partial charge on any atom is -0.279 e. The van der Waals surface area contributed by atoms with Crippen LogP contribution in [0.5, 0.6) is 0 Å². The molecule has 2 aromatic carbocycles. The SMILES string of the molecule is O=C(c1cccs1)N1N=C(c2cccs2)C[C@H]1c1ccccc1NS(=O)(=O)c1ccccc1. The number of carbonyl (C=O) groups excluding carboxylic acids is 1. The van der Waals surface area contributed by atoms with Crippen LogP contribution in [0, 0.1) is 0 Å². The molecule has 9 heteroatoms. The lowest BCUT2D eigenvalue weighted by Crippen LogP contribution is -2.27. The van der Waals surface area contributed by atoms with Crippen molar-refractivity contribution in [1.82, 2.24) is 5.01 Å². The van der Waals surface area contributed by atoms with E-state index in [0.717, 1.165) is 10.6 Å². The van der Waals surface area contributed by atoms with Crippen LogP contribution in [0.4, 0.5) is 5.69 Å². The van der Waals surface area contributed by atoms with Crippen LogP contribution in [-0.4, -0.2) is 25.0 Å². The fourth-order valence-electron chi connectivity index (χ4n) is 3.73. The molecule has 5 rings (SSSR count). The number of carbonyl (C=O) groups is 1. The van der Waals surface area contributed by atoms with E-state index >= 15 is 0 Å². The van der Waals surface area contributed by atoms with Crippen molar-refractivity contribution in [2.75, 3.05) is 4.72 Å². The number of amides is 1. The Kier molecular flexibility index (Phi) is 5.84. The van der Waals surface area contributed by atoms with Crippen LogP contribution in [0.3, 0.4) is 0 Å². The number of hydrogen-bond acceptors (Lipinski definition) is 6. The third-order valence-corrected chi connectivity index (χ3v) is 8.43. The molecule has 0 spiro atoms. The molecule has 0 bridgehead atoms. The van der Waals surface area contributed by atoms with Crippen LogP contribution in [0.15, 0.2) is 99.6 Å². The summed E-state index contributed by atoms with van der Waals surface area (Å²) in [6.45, 7) is 0. The van der Waals surface area contributed by atoms with Gasteiger partial charge in [-0.2, -0.15) is 5.10 Å². The standard InChI is InChI=1S/C24H19N3O3S3/c28-24(23-13-7-15-32-23)27-21(16-20(25-27)22-12-6-14-31-22)18-10-4-5-11-19(18)26-33(29,30)17-8-2-1-3-9-17/h1-15,21,26H,16H2/t21-/m0/s1. The van der Waals surface area contributed by atoms with Crippen LogP contribution < -0.4 is 4.72 Å². The van der Waals surface area contributed by atoms with Gasteiger partial charge in [-0.05, 0) is 41.1 Å². The van der Waals surface area contributed by atoms with Crippen molar-refractivity contribution in [3.8, 4) is 0 Å². The summed E-state index contributed by atoms with van der Waals surface area (Å²) in [5.74, 6) is -0.206. The minimum absolute atomic E-state index is 0.174. The molecule has 166 valence electrons. The summed E-state index contributed by atoms with van der Waals surface area (Å²) < 4.78 is 28.7. The van der Waals surface area contributed by atoms with Crippen LogP contribution in [0.1, 0.15) is 32.6 Å². The van der Waals surface area contributed by atoms with Gasteiger partial charge in [-0.15, -0.1) is 22.7 Å². The summed E-state index contributed by atoms with van der Waals surface area (Å²) in [6.07, 6.45) is 0.488. The minimum atomic E-state index is -3.79. The maximum atomic E-state index is 13.3. The molecule has 0 fully saturated rings. The zero-order valence-electron chi connectivity index (χ0n) is 17.3. The van der Waals surface area contributed by atoms with E-state index in [1.54, 1.807) is 59.9 Å². The summed E-state index contributed by atoms with van der Waals surface area (Å²) in [5.41, 5.74) is 1.93. The number of nitrogens with one attached hydrogen (secondary N) is 1. The van der Waals surface area contributed by atoms with Crippen LogP contribution >= 0.6 is 22.7 Å². The summed E-state index contributed by atoms with van der Waals surface area (Å²) in [4.78, 5) is 15.1. The van der Waals surface area contributed by atoms with Gasteiger partial charge in [0.15, 0.2) is 0 Å². The number of thiophene rings is 2. The molecular formula is C24H19N3O3S3. The fraction of sp³-hybridized carbons (Fsp3) is 0.0833. The van der Waals surface area contributed by atoms with Gasteiger partial charge in [-0.3, -0.25) is 9.52 Å². The normalized spacial score (nSPS) is 15.9. The van der Waals surface area contributed by atoms with E-state index in [9.17, 15) is 13.2 Å². The lowest BCUT2D eigenvalue weighted by molar-refractivity contribution is 0.0717. The fourth-order valence-corrected chi connectivity index (χ4v) is 6.21. The van der Waals surface area contributed by atoms with Crippen molar-refractivity contribution >= 4 is 50.0 Å². The predicted molar refractivity (Wildman–Crippen MR) is 132 cm³/mol. The van der Waals surface area contributed by atoms with Gasteiger partial charge in [0.1, 0.15) is 0 Å². The number of hydrazone groups is 1. The van der Waals surface area contributed by atoms with Crippen LogP contribution in [0.25, 0.3) is 0 Å². The number of hydrogen-bond donors (Lipinski definition) is 1. The smallest absolute Gasteiger partial charge is 0.279 e. The molecule has 1 atom stereocenters. The number of sulfonamides is 1. The molecule has 33 heavy (non-hydrogen) atoms. The van der Waals surface area contributed by atoms with Gasteiger partial charge in [0, 0.05) is 12.0 Å². The second kappa shape index (κ2) is 8.93. The molecule has 0 saturated heterocycles. The highest BCUT2D eigenvalue weighted by molar-refractivity contribution is 7.92. The molecule has 0 radical (unpaired) electrons. The van der Waals surface area contributed by atoms with Crippen molar-refractivity contribution in [1.29, 1.82) is 0 Å². The van der Waals surface area contributed by atoms with Gasteiger partial charge in [0.05, 0.1) is 32.1 Å². The zero-order chi connectivity index (χ0) is 22.8. The Morgan fingerprint density at radius 3 is 2.36 bits per heavy atom. The first-order valence-corrected chi connectivity index (χ1v) is 13.4. The first kappa shape index (κ1) is 21.6. The molecule has 6 nitrogen and oxygen atoms in total. The lowest BCUT2D eigenvalue weighted by atomic mass is 9.99. The van der Waals surface area contributed by atoms with E-state index in [0.29, 0.717) is 22.5 Å². The first-order valence-electron chi connectivity index (χ1n) is 10.2. The maximum absolute atomic E-state index is 13.3. The summed E-state index contributed by atoms with van der Waals surface area (Å²) >= 11 is 2.92. The van der Waals surface area contributed by atoms with Gasteiger partial charge in [-0.1, -0.05) is 48.5 Å². The van der Waals surface area contributed by atoms with Crippen molar-refractivity contribution in [2.45, 2.75) is 17.4 Å². The molecule has 3 heterocycles. The number of benzene rings is 2. The average Bonchev–Trinajstić information content (AvgIpc) is 3.61.